The number of rotatable bonds is 5. The molecule has 0 spiro atoms. The molecule has 3 amide bonds. The number of carbonyl (C=O) groups excluding carboxylic acids is 2. The van der Waals surface area contributed by atoms with Crippen molar-refractivity contribution in [3.8, 4) is 11.3 Å². The van der Waals surface area contributed by atoms with Gasteiger partial charge in [-0.2, -0.15) is 13.9 Å². The van der Waals surface area contributed by atoms with Crippen LogP contribution in [0.2, 0.25) is 5.02 Å². The van der Waals surface area contributed by atoms with Gasteiger partial charge in [-0.05, 0) is 23.6 Å². The van der Waals surface area contributed by atoms with Gasteiger partial charge in [0.25, 0.3) is 5.91 Å². The second kappa shape index (κ2) is 8.62. The molecule has 12 heteroatoms. The summed E-state index contributed by atoms with van der Waals surface area (Å²) < 4.78 is 45.1. The van der Waals surface area contributed by atoms with Crippen molar-refractivity contribution in [2.45, 2.75) is 39.5 Å². The molecule has 4 N–H and O–H groups in total. The highest BCUT2D eigenvalue weighted by molar-refractivity contribution is 6.31. The van der Waals surface area contributed by atoms with Gasteiger partial charge in [-0.25, -0.2) is 9.18 Å². The van der Waals surface area contributed by atoms with E-state index in [0.717, 1.165) is 6.07 Å². The van der Waals surface area contributed by atoms with E-state index >= 15 is 0 Å². The van der Waals surface area contributed by atoms with E-state index < -0.39 is 48.5 Å². The van der Waals surface area contributed by atoms with Crippen LogP contribution < -0.4 is 11.5 Å². The fourth-order valence-corrected chi connectivity index (χ4v) is 4.22. The number of aromatic nitrogens is 2. The zero-order chi connectivity index (χ0) is 24.0. The highest BCUT2D eigenvalue weighted by atomic mass is 35.5. The number of primary amides is 2. The van der Waals surface area contributed by atoms with Crippen LogP contribution >= 0.6 is 11.6 Å². The monoisotopic (exact) mass is 473 g/mol. The highest BCUT2D eigenvalue weighted by Crippen LogP contribution is 2.46. The molecule has 3 rings (SSSR count). The zero-order valence-corrected chi connectivity index (χ0v) is 18.4. The predicted octanol–water partition coefficient (Wildman–Crippen LogP) is 3.70. The van der Waals surface area contributed by atoms with Crippen LogP contribution in [0.25, 0.3) is 11.3 Å². The summed E-state index contributed by atoms with van der Waals surface area (Å²) in [5.41, 5.74) is 11.2. The standard InChI is InChI=1S/C20H23ClF3N5O3/c1-20(2,3)16-15-13(17(25)30)14(9-4-5-12(22)11(21)6-9)27-29(15)10(8-32-18(23)24)7-28(16)19(26)31/h4-6,10,16,18H,7-8H2,1-3H3,(H2,25,30)(H2,26,31). The van der Waals surface area contributed by atoms with E-state index in [1.807, 2.05) is 20.8 Å². The van der Waals surface area contributed by atoms with Crippen molar-refractivity contribution in [3.05, 3.63) is 40.3 Å². The molecular formula is C20H23ClF3N5O3. The van der Waals surface area contributed by atoms with Crippen LogP contribution in [-0.4, -0.2) is 46.4 Å². The summed E-state index contributed by atoms with van der Waals surface area (Å²) in [6.45, 7) is 1.82. The van der Waals surface area contributed by atoms with E-state index in [2.05, 4.69) is 9.84 Å². The Balaban J connectivity index is 2.31. The Hall–Kier alpha value is -2.79. The molecule has 1 aromatic carbocycles. The lowest BCUT2D eigenvalue weighted by molar-refractivity contribution is -0.140. The van der Waals surface area contributed by atoms with Crippen molar-refractivity contribution in [1.29, 1.82) is 0 Å². The summed E-state index contributed by atoms with van der Waals surface area (Å²) in [4.78, 5) is 26.2. The summed E-state index contributed by atoms with van der Waals surface area (Å²) in [5.74, 6) is -1.54. The molecule has 1 aliphatic heterocycles. The van der Waals surface area contributed by atoms with Gasteiger partial charge >= 0.3 is 12.6 Å². The first-order valence-corrected chi connectivity index (χ1v) is 10.0. The minimum atomic E-state index is -3.05. The van der Waals surface area contributed by atoms with Crippen LogP contribution in [-0.2, 0) is 4.74 Å². The van der Waals surface area contributed by atoms with Crippen molar-refractivity contribution in [3.63, 3.8) is 0 Å². The van der Waals surface area contributed by atoms with Crippen LogP contribution in [0.4, 0.5) is 18.0 Å². The molecule has 2 aromatic rings. The van der Waals surface area contributed by atoms with E-state index in [-0.39, 0.29) is 28.5 Å². The fraction of sp³-hybridized carbons (Fsp3) is 0.450. The van der Waals surface area contributed by atoms with E-state index in [4.69, 9.17) is 23.1 Å². The van der Waals surface area contributed by atoms with Gasteiger partial charge in [0.15, 0.2) is 0 Å². The van der Waals surface area contributed by atoms with Gasteiger partial charge in [-0.1, -0.05) is 32.4 Å². The molecule has 2 unspecified atom stereocenters. The van der Waals surface area contributed by atoms with Gasteiger partial charge < -0.3 is 21.1 Å². The van der Waals surface area contributed by atoms with Gasteiger partial charge in [0.05, 0.1) is 35.0 Å². The van der Waals surface area contributed by atoms with Crippen molar-refractivity contribution in [2.75, 3.05) is 13.2 Å². The molecule has 1 aromatic heterocycles. The minimum Gasteiger partial charge on any atom is -0.365 e. The molecule has 0 fully saturated rings. The molecule has 0 bridgehead atoms. The normalized spacial score (nSPS) is 18.7. The number of benzene rings is 1. The number of halogens is 4. The topological polar surface area (TPSA) is 116 Å². The molecular weight excluding hydrogens is 451 g/mol. The molecule has 0 aliphatic carbocycles. The third kappa shape index (κ3) is 4.40. The Kier molecular flexibility index (Phi) is 6.43. The number of hydrogen-bond donors (Lipinski definition) is 2. The number of urea groups is 1. The summed E-state index contributed by atoms with van der Waals surface area (Å²) in [6, 6.07) is 1.30. The molecule has 8 nitrogen and oxygen atoms in total. The molecule has 174 valence electrons. The van der Waals surface area contributed by atoms with Gasteiger partial charge in [0.2, 0.25) is 0 Å². The van der Waals surface area contributed by atoms with Crippen molar-refractivity contribution in [2.24, 2.45) is 16.9 Å². The summed E-state index contributed by atoms with van der Waals surface area (Å²) in [5, 5.41) is 4.26. The van der Waals surface area contributed by atoms with Crippen molar-refractivity contribution in [1.82, 2.24) is 14.7 Å². The zero-order valence-electron chi connectivity index (χ0n) is 17.6. The smallest absolute Gasteiger partial charge is 0.345 e. The lowest BCUT2D eigenvalue weighted by Gasteiger charge is -2.45. The molecule has 2 heterocycles. The number of nitrogens with zero attached hydrogens (tertiary/aromatic N) is 3. The van der Waals surface area contributed by atoms with Crippen LogP contribution in [0.5, 0.6) is 0 Å². The number of carbonyl (C=O) groups is 2. The van der Waals surface area contributed by atoms with E-state index in [9.17, 15) is 22.8 Å². The number of amides is 3. The van der Waals surface area contributed by atoms with Crippen LogP contribution in [0, 0.1) is 11.2 Å². The summed E-state index contributed by atoms with van der Waals surface area (Å²) in [6.07, 6.45) is 0. The van der Waals surface area contributed by atoms with Gasteiger partial charge in [-0.3, -0.25) is 9.48 Å². The molecule has 0 saturated heterocycles. The number of ether oxygens (including phenoxy) is 1. The van der Waals surface area contributed by atoms with Crippen molar-refractivity contribution >= 4 is 23.5 Å². The van der Waals surface area contributed by atoms with Crippen LogP contribution in [0.3, 0.4) is 0 Å². The second-order valence-electron chi connectivity index (χ2n) is 8.55. The molecule has 0 radical (unpaired) electrons. The maximum atomic E-state index is 13.7. The first kappa shape index (κ1) is 23.9. The molecule has 1 aliphatic rings. The Morgan fingerprint density at radius 1 is 1.31 bits per heavy atom. The summed E-state index contributed by atoms with van der Waals surface area (Å²) >= 11 is 5.90. The maximum Gasteiger partial charge on any atom is 0.345 e. The average Bonchev–Trinajstić information content (AvgIpc) is 3.07. The average molecular weight is 474 g/mol. The predicted molar refractivity (Wildman–Crippen MR) is 111 cm³/mol. The summed E-state index contributed by atoms with van der Waals surface area (Å²) in [7, 11) is 0. The lowest BCUT2D eigenvalue weighted by atomic mass is 9.80. The first-order chi connectivity index (χ1) is 14.8. The highest BCUT2D eigenvalue weighted by Gasteiger charge is 2.46. The van der Waals surface area contributed by atoms with E-state index in [0.29, 0.717) is 5.56 Å². The fourth-order valence-electron chi connectivity index (χ4n) is 4.04. The largest absolute Gasteiger partial charge is 0.365 e. The number of nitrogens with two attached hydrogens (primary N) is 2. The number of hydrogen-bond acceptors (Lipinski definition) is 4. The van der Waals surface area contributed by atoms with Crippen LogP contribution in [0.1, 0.15) is 48.9 Å². The molecule has 2 atom stereocenters. The molecule has 0 saturated carbocycles. The maximum absolute atomic E-state index is 13.7. The number of alkyl halides is 2. The Labute approximate surface area is 187 Å². The second-order valence-corrected chi connectivity index (χ2v) is 8.96. The lowest BCUT2D eigenvalue weighted by Crippen LogP contribution is -2.52. The van der Waals surface area contributed by atoms with E-state index in [1.54, 1.807) is 0 Å². The Morgan fingerprint density at radius 2 is 1.97 bits per heavy atom. The third-order valence-electron chi connectivity index (χ3n) is 5.23. The van der Waals surface area contributed by atoms with Gasteiger partial charge in [-0.15, -0.1) is 0 Å². The van der Waals surface area contributed by atoms with Crippen LogP contribution in [0.15, 0.2) is 18.2 Å². The Morgan fingerprint density at radius 3 is 2.47 bits per heavy atom. The quantitative estimate of drug-likeness (QED) is 0.688. The van der Waals surface area contributed by atoms with Crippen molar-refractivity contribution < 1.29 is 27.5 Å². The number of fused-ring (bicyclic) bond motifs is 1. The first-order valence-electron chi connectivity index (χ1n) is 9.66. The van der Waals surface area contributed by atoms with Gasteiger partial charge in [0, 0.05) is 12.1 Å². The third-order valence-corrected chi connectivity index (χ3v) is 5.52. The molecule has 32 heavy (non-hydrogen) atoms. The SMILES string of the molecule is CC(C)(C)C1c2c(C(N)=O)c(-c3ccc(F)c(Cl)c3)nn2C(COC(F)F)CN1C(N)=O. The Bertz CT molecular complexity index is 1050. The minimum absolute atomic E-state index is 0.0411. The van der Waals surface area contributed by atoms with Gasteiger partial charge in [0.1, 0.15) is 11.5 Å². The van der Waals surface area contributed by atoms with E-state index in [1.165, 1.54) is 21.7 Å².